The van der Waals surface area contributed by atoms with E-state index in [1.165, 1.54) is 25.7 Å². The number of unbranched alkanes of at least 4 members (excludes halogenated alkanes) is 1. The Morgan fingerprint density at radius 2 is 1.95 bits per heavy atom. The highest BCUT2D eigenvalue weighted by atomic mass is 16.5. The summed E-state index contributed by atoms with van der Waals surface area (Å²) in [7, 11) is 3.67. The van der Waals surface area contributed by atoms with Crippen LogP contribution < -0.4 is 10.1 Å². The molecule has 0 aliphatic heterocycles. The average Bonchev–Trinajstić information content (AvgIpc) is 2.53. The van der Waals surface area contributed by atoms with E-state index in [1.807, 2.05) is 25.2 Å². The fourth-order valence-electron chi connectivity index (χ4n) is 2.53. The second-order valence-electron chi connectivity index (χ2n) is 5.54. The molecule has 0 amide bonds. The normalized spacial score (nSPS) is 13.9. The van der Waals surface area contributed by atoms with Gasteiger partial charge in [-0.1, -0.05) is 51.3 Å². The summed E-state index contributed by atoms with van der Waals surface area (Å²) in [6.07, 6.45) is 5.02. The van der Waals surface area contributed by atoms with Gasteiger partial charge < -0.3 is 14.8 Å². The molecule has 0 fully saturated rings. The van der Waals surface area contributed by atoms with Crippen LogP contribution in [0, 0.1) is 5.92 Å². The summed E-state index contributed by atoms with van der Waals surface area (Å²) in [5.41, 5.74) is 1.12. The predicted molar refractivity (Wildman–Crippen MR) is 88.9 cm³/mol. The van der Waals surface area contributed by atoms with Gasteiger partial charge in [-0.15, -0.1) is 0 Å². The molecule has 2 atom stereocenters. The lowest BCUT2D eigenvalue weighted by molar-refractivity contribution is 0.0247. The van der Waals surface area contributed by atoms with E-state index in [1.54, 1.807) is 7.11 Å². The van der Waals surface area contributed by atoms with Crippen molar-refractivity contribution in [3.8, 4) is 5.75 Å². The highest BCUT2D eigenvalue weighted by molar-refractivity contribution is 5.35. The molecule has 3 heteroatoms. The van der Waals surface area contributed by atoms with Gasteiger partial charge in [0.2, 0.25) is 0 Å². The summed E-state index contributed by atoms with van der Waals surface area (Å²) in [5, 5.41) is 3.22. The van der Waals surface area contributed by atoms with Crippen molar-refractivity contribution in [2.75, 3.05) is 27.3 Å². The minimum Gasteiger partial charge on any atom is -0.496 e. The lowest BCUT2D eigenvalue weighted by Gasteiger charge is -2.23. The maximum atomic E-state index is 6.22. The first kappa shape index (κ1) is 18.0. The molecule has 0 aliphatic carbocycles. The van der Waals surface area contributed by atoms with Crippen LogP contribution in [0.15, 0.2) is 24.3 Å². The zero-order valence-electron chi connectivity index (χ0n) is 14.0. The van der Waals surface area contributed by atoms with Gasteiger partial charge in [-0.3, -0.25) is 0 Å². The molecule has 1 rings (SSSR count). The van der Waals surface area contributed by atoms with Crippen LogP contribution in [-0.2, 0) is 4.74 Å². The lowest BCUT2D eigenvalue weighted by atomic mass is 10.00. The summed E-state index contributed by atoms with van der Waals surface area (Å²) in [5.74, 6) is 1.55. The first-order chi connectivity index (χ1) is 10.3. The number of rotatable bonds is 11. The van der Waals surface area contributed by atoms with E-state index >= 15 is 0 Å². The van der Waals surface area contributed by atoms with Crippen LogP contribution in [-0.4, -0.2) is 27.3 Å². The number of benzene rings is 1. The van der Waals surface area contributed by atoms with E-state index in [2.05, 4.69) is 25.2 Å². The van der Waals surface area contributed by atoms with Crippen molar-refractivity contribution in [3.05, 3.63) is 29.8 Å². The largest absolute Gasteiger partial charge is 0.496 e. The number of likely N-dealkylation sites (N-methyl/N-ethyl adjacent to an activating group) is 1. The van der Waals surface area contributed by atoms with E-state index in [0.717, 1.165) is 24.5 Å². The van der Waals surface area contributed by atoms with Crippen molar-refractivity contribution in [3.63, 3.8) is 0 Å². The van der Waals surface area contributed by atoms with E-state index < -0.39 is 0 Å². The van der Waals surface area contributed by atoms with Crippen LogP contribution in [0.4, 0.5) is 0 Å². The van der Waals surface area contributed by atoms with Crippen LogP contribution >= 0.6 is 0 Å². The Bertz CT molecular complexity index is 381. The predicted octanol–water partition coefficient (Wildman–Crippen LogP) is 4.19. The summed E-state index contributed by atoms with van der Waals surface area (Å²) in [6.45, 7) is 6.11. The van der Waals surface area contributed by atoms with Gasteiger partial charge in [0, 0.05) is 12.1 Å². The van der Waals surface area contributed by atoms with E-state index in [9.17, 15) is 0 Å². The molecular formula is C18H31NO2. The van der Waals surface area contributed by atoms with Crippen molar-refractivity contribution in [1.82, 2.24) is 5.32 Å². The summed E-state index contributed by atoms with van der Waals surface area (Å²) >= 11 is 0. The second kappa shape index (κ2) is 10.6. The van der Waals surface area contributed by atoms with Gasteiger partial charge in [-0.25, -0.2) is 0 Å². The number of methoxy groups -OCH3 is 1. The van der Waals surface area contributed by atoms with E-state index in [4.69, 9.17) is 9.47 Å². The molecule has 2 unspecified atom stereocenters. The highest BCUT2D eigenvalue weighted by Gasteiger charge is 2.17. The van der Waals surface area contributed by atoms with Gasteiger partial charge in [0.05, 0.1) is 19.8 Å². The minimum atomic E-state index is 0.0434. The van der Waals surface area contributed by atoms with Crippen molar-refractivity contribution in [2.24, 2.45) is 5.92 Å². The Kier molecular flexibility index (Phi) is 9.11. The first-order valence-electron chi connectivity index (χ1n) is 8.15. The number of hydrogen-bond acceptors (Lipinski definition) is 3. The van der Waals surface area contributed by atoms with Gasteiger partial charge in [0.1, 0.15) is 5.75 Å². The molecule has 0 radical (unpaired) electrons. The number of nitrogens with one attached hydrogen (secondary N) is 1. The number of para-hydroxylation sites is 1. The maximum absolute atomic E-state index is 6.22. The molecule has 3 nitrogen and oxygen atoms in total. The Balaban J connectivity index is 2.68. The van der Waals surface area contributed by atoms with Crippen LogP contribution in [0.1, 0.15) is 51.2 Å². The molecule has 0 saturated carbocycles. The Morgan fingerprint density at radius 1 is 1.19 bits per heavy atom. The molecular weight excluding hydrogens is 262 g/mol. The zero-order chi connectivity index (χ0) is 15.5. The molecule has 1 N–H and O–H groups in total. The van der Waals surface area contributed by atoms with Crippen molar-refractivity contribution < 1.29 is 9.47 Å². The van der Waals surface area contributed by atoms with Crippen LogP contribution in [0.25, 0.3) is 0 Å². The van der Waals surface area contributed by atoms with Crippen LogP contribution in [0.5, 0.6) is 5.75 Å². The molecule has 1 aromatic rings. The fraction of sp³-hybridized carbons (Fsp3) is 0.667. The molecule has 0 aliphatic rings. The fourth-order valence-corrected chi connectivity index (χ4v) is 2.53. The van der Waals surface area contributed by atoms with Crippen molar-refractivity contribution in [2.45, 2.75) is 45.6 Å². The quantitative estimate of drug-likeness (QED) is 0.663. The third-order valence-corrected chi connectivity index (χ3v) is 3.95. The third kappa shape index (κ3) is 6.06. The SMILES string of the molecule is CCCCC(CC)COC(CNC)c1ccccc1OC. The number of hydrogen-bond donors (Lipinski definition) is 1. The number of ether oxygens (including phenoxy) is 2. The van der Waals surface area contributed by atoms with Gasteiger partial charge in [-0.05, 0) is 25.5 Å². The van der Waals surface area contributed by atoms with Crippen molar-refractivity contribution in [1.29, 1.82) is 0 Å². The van der Waals surface area contributed by atoms with E-state index in [-0.39, 0.29) is 6.10 Å². The minimum absolute atomic E-state index is 0.0434. The standard InChI is InChI=1S/C18H31NO2/c1-5-7-10-15(6-2)14-21-18(13-19-3)16-11-8-9-12-17(16)20-4/h8-9,11-12,15,18-19H,5-7,10,13-14H2,1-4H3. The Morgan fingerprint density at radius 3 is 2.57 bits per heavy atom. The van der Waals surface area contributed by atoms with Crippen LogP contribution in [0.3, 0.4) is 0 Å². The molecule has 0 spiro atoms. The zero-order valence-corrected chi connectivity index (χ0v) is 14.0. The highest BCUT2D eigenvalue weighted by Crippen LogP contribution is 2.28. The Hall–Kier alpha value is -1.06. The van der Waals surface area contributed by atoms with Gasteiger partial charge in [0.25, 0.3) is 0 Å². The smallest absolute Gasteiger partial charge is 0.124 e. The average molecular weight is 293 g/mol. The van der Waals surface area contributed by atoms with Gasteiger partial charge in [0.15, 0.2) is 0 Å². The molecule has 21 heavy (non-hydrogen) atoms. The molecule has 0 heterocycles. The Labute approximate surface area is 130 Å². The maximum Gasteiger partial charge on any atom is 0.124 e. The molecule has 0 bridgehead atoms. The van der Waals surface area contributed by atoms with Gasteiger partial charge >= 0.3 is 0 Å². The van der Waals surface area contributed by atoms with Crippen LogP contribution in [0.2, 0.25) is 0 Å². The summed E-state index contributed by atoms with van der Waals surface area (Å²) in [4.78, 5) is 0. The second-order valence-corrected chi connectivity index (χ2v) is 5.54. The van der Waals surface area contributed by atoms with E-state index in [0.29, 0.717) is 5.92 Å². The third-order valence-electron chi connectivity index (χ3n) is 3.95. The lowest BCUT2D eigenvalue weighted by Crippen LogP contribution is -2.22. The molecule has 0 aromatic heterocycles. The van der Waals surface area contributed by atoms with Gasteiger partial charge in [-0.2, -0.15) is 0 Å². The molecule has 0 saturated heterocycles. The molecule has 1 aromatic carbocycles. The monoisotopic (exact) mass is 293 g/mol. The first-order valence-corrected chi connectivity index (χ1v) is 8.15. The summed E-state index contributed by atoms with van der Waals surface area (Å²) in [6, 6.07) is 8.12. The summed E-state index contributed by atoms with van der Waals surface area (Å²) < 4.78 is 11.7. The topological polar surface area (TPSA) is 30.5 Å². The van der Waals surface area contributed by atoms with Crippen molar-refractivity contribution >= 4 is 0 Å². The molecule has 120 valence electrons.